The monoisotopic (exact) mass is 763 g/mol. The SMILES string of the molecule is C[C@@H](CC(=O)c1cc(C(=O)C[C@@H](Cc2ccccc2)[C@H](O)CCC2(c3cccc(C(F)(F)F)c3)CCOCC2)cc(N(C)S(C)(=O)=O)c1)c1ccccc1. The van der Waals surface area contributed by atoms with Gasteiger partial charge in [-0.1, -0.05) is 85.8 Å². The van der Waals surface area contributed by atoms with Crippen LogP contribution in [0.25, 0.3) is 0 Å². The Morgan fingerprint density at radius 1 is 0.852 bits per heavy atom. The summed E-state index contributed by atoms with van der Waals surface area (Å²) < 4.78 is 73.0. The molecule has 1 N–H and O–H groups in total. The van der Waals surface area contributed by atoms with Crippen LogP contribution < -0.4 is 4.31 Å². The minimum Gasteiger partial charge on any atom is -0.393 e. The number of anilines is 1. The van der Waals surface area contributed by atoms with Crippen molar-refractivity contribution in [2.75, 3.05) is 30.8 Å². The molecule has 3 atom stereocenters. The first kappa shape index (κ1) is 40.9. The number of hydrogen-bond donors (Lipinski definition) is 1. The molecule has 11 heteroatoms. The van der Waals surface area contributed by atoms with E-state index in [1.807, 2.05) is 67.6 Å². The maximum Gasteiger partial charge on any atom is 0.416 e. The minimum atomic E-state index is -4.50. The maximum atomic E-state index is 14.2. The van der Waals surface area contributed by atoms with Gasteiger partial charge in [0, 0.05) is 44.2 Å². The van der Waals surface area contributed by atoms with E-state index in [9.17, 15) is 36.3 Å². The van der Waals surface area contributed by atoms with Crippen molar-refractivity contribution in [1.29, 1.82) is 0 Å². The van der Waals surface area contributed by atoms with Crippen LogP contribution >= 0.6 is 0 Å². The molecule has 1 aliphatic heterocycles. The van der Waals surface area contributed by atoms with Gasteiger partial charge in [-0.05, 0) is 90.3 Å². The molecule has 0 amide bonds. The second-order valence-electron chi connectivity index (χ2n) is 14.6. The number of benzene rings is 4. The summed E-state index contributed by atoms with van der Waals surface area (Å²) in [4.78, 5) is 27.9. The van der Waals surface area contributed by atoms with Gasteiger partial charge in [0.15, 0.2) is 11.6 Å². The highest BCUT2D eigenvalue weighted by Gasteiger charge is 2.38. The number of aliphatic hydroxyl groups is 1. The number of ether oxygens (including phenoxy) is 1. The molecule has 0 bridgehead atoms. The van der Waals surface area contributed by atoms with Gasteiger partial charge in [-0.25, -0.2) is 8.42 Å². The fraction of sp³-hybridized carbons (Fsp3) is 0.395. The first-order valence-electron chi connectivity index (χ1n) is 18.2. The number of carbonyl (C=O) groups excluding carboxylic acids is 2. The van der Waals surface area contributed by atoms with Crippen LogP contribution in [0.1, 0.15) is 94.3 Å². The molecule has 1 aliphatic rings. The molecule has 0 saturated carbocycles. The molecule has 0 radical (unpaired) electrons. The van der Waals surface area contributed by atoms with Crippen molar-refractivity contribution in [3.8, 4) is 0 Å². The van der Waals surface area contributed by atoms with E-state index >= 15 is 0 Å². The van der Waals surface area contributed by atoms with Gasteiger partial charge in [-0.2, -0.15) is 13.2 Å². The molecule has 0 aliphatic carbocycles. The van der Waals surface area contributed by atoms with Gasteiger partial charge in [-0.3, -0.25) is 13.9 Å². The van der Waals surface area contributed by atoms with Gasteiger partial charge in [0.2, 0.25) is 10.0 Å². The lowest BCUT2D eigenvalue weighted by atomic mass is 9.69. The number of Topliss-reactive ketones (excluding diaryl/α,β-unsaturated/α-hetero) is 2. The molecule has 1 saturated heterocycles. The Bertz CT molecular complexity index is 2000. The number of sulfonamides is 1. The van der Waals surface area contributed by atoms with Gasteiger partial charge in [0.25, 0.3) is 0 Å². The fourth-order valence-electron chi connectivity index (χ4n) is 7.35. The second-order valence-corrected chi connectivity index (χ2v) is 16.6. The quantitative estimate of drug-likeness (QED) is 0.115. The summed E-state index contributed by atoms with van der Waals surface area (Å²) in [5.41, 5.74) is 1.55. The van der Waals surface area contributed by atoms with E-state index in [0.29, 0.717) is 44.5 Å². The van der Waals surface area contributed by atoms with E-state index in [4.69, 9.17) is 4.74 Å². The normalized spacial score (nSPS) is 16.3. The van der Waals surface area contributed by atoms with E-state index in [0.717, 1.165) is 27.8 Å². The zero-order valence-electron chi connectivity index (χ0n) is 30.9. The van der Waals surface area contributed by atoms with Gasteiger partial charge in [0.1, 0.15) is 0 Å². The zero-order valence-corrected chi connectivity index (χ0v) is 31.7. The Morgan fingerprint density at radius 2 is 1.44 bits per heavy atom. The van der Waals surface area contributed by atoms with Crippen LogP contribution in [-0.2, 0) is 32.8 Å². The number of halogens is 3. The van der Waals surface area contributed by atoms with Crippen LogP contribution in [0.3, 0.4) is 0 Å². The first-order chi connectivity index (χ1) is 25.6. The van der Waals surface area contributed by atoms with E-state index in [1.165, 1.54) is 37.4 Å². The van der Waals surface area contributed by atoms with Crippen molar-refractivity contribution in [1.82, 2.24) is 0 Å². The minimum absolute atomic E-state index is 0.115. The molecule has 0 spiro atoms. The van der Waals surface area contributed by atoms with Crippen molar-refractivity contribution in [3.63, 3.8) is 0 Å². The van der Waals surface area contributed by atoms with Crippen molar-refractivity contribution in [3.05, 3.63) is 137 Å². The topological polar surface area (TPSA) is 101 Å². The van der Waals surface area contributed by atoms with Gasteiger partial charge in [-0.15, -0.1) is 0 Å². The number of alkyl halides is 3. The summed E-state index contributed by atoms with van der Waals surface area (Å²) in [5.74, 6) is -1.34. The molecule has 4 aromatic rings. The molecular weight excluding hydrogens is 716 g/mol. The van der Waals surface area contributed by atoms with E-state index in [2.05, 4.69) is 0 Å². The number of rotatable bonds is 16. The maximum absolute atomic E-state index is 14.2. The molecule has 0 unspecified atom stereocenters. The molecule has 1 heterocycles. The summed E-state index contributed by atoms with van der Waals surface area (Å²) in [7, 11) is -2.38. The van der Waals surface area contributed by atoms with Gasteiger partial charge < -0.3 is 9.84 Å². The lowest BCUT2D eigenvalue weighted by Crippen LogP contribution is -2.36. The number of aliphatic hydroxyl groups excluding tert-OH is 1. The molecule has 4 aromatic carbocycles. The number of carbonyl (C=O) groups is 2. The standard InChI is InChI=1S/C43H48F3NO6S/c1-30(32-13-8-5-9-14-32)23-40(49)34-25-35(27-38(26-34)47(2)54(3,51)52)41(50)28-33(24-31-11-6-4-7-12-31)39(48)17-18-42(19-21-53-22-20-42)36-15-10-16-37(29-36)43(44,45)46/h4-16,25-27,29-30,33,39,48H,17-24,28H2,1-3H3/t30-,33+,39+/m0/s1. The van der Waals surface area contributed by atoms with Crippen molar-refractivity contribution < 1.29 is 41.0 Å². The summed E-state index contributed by atoms with van der Waals surface area (Å²) in [5, 5.41) is 11.8. The highest BCUT2D eigenvalue weighted by molar-refractivity contribution is 7.92. The van der Waals surface area contributed by atoms with Crippen LogP contribution in [0.15, 0.2) is 103 Å². The van der Waals surface area contributed by atoms with Gasteiger partial charge in [0.05, 0.1) is 23.6 Å². The molecule has 5 rings (SSSR count). The third-order valence-corrected chi connectivity index (χ3v) is 12.0. The van der Waals surface area contributed by atoms with E-state index < -0.39 is 39.2 Å². The third-order valence-electron chi connectivity index (χ3n) is 10.8. The van der Waals surface area contributed by atoms with Crippen molar-refractivity contribution in [2.45, 2.75) is 75.5 Å². The average Bonchev–Trinajstić information content (AvgIpc) is 3.16. The fourth-order valence-corrected chi connectivity index (χ4v) is 7.84. The van der Waals surface area contributed by atoms with E-state index in [-0.39, 0.29) is 53.6 Å². The predicted molar refractivity (Wildman–Crippen MR) is 204 cm³/mol. The smallest absolute Gasteiger partial charge is 0.393 e. The lowest BCUT2D eigenvalue weighted by molar-refractivity contribution is -0.137. The average molecular weight is 764 g/mol. The van der Waals surface area contributed by atoms with Crippen LogP contribution in [0, 0.1) is 5.92 Å². The summed E-state index contributed by atoms with van der Waals surface area (Å²) in [6.45, 7) is 2.68. The molecular formula is C43H48F3NO6S. The van der Waals surface area contributed by atoms with Crippen molar-refractivity contribution >= 4 is 27.3 Å². The number of nitrogens with zero attached hydrogens (tertiary/aromatic N) is 1. The predicted octanol–water partition coefficient (Wildman–Crippen LogP) is 8.80. The Hall–Kier alpha value is -4.32. The highest BCUT2D eigenvalue weighted by Crippen LogP contribution is 2.42. The number of ketones is 2. The van der Waals surface area contributed by atoms with Crippen LogP contribution in [0.5, 0.6) is 0 Å². The molecule has 54 heavy (non-hydrogen) atoms. The Morgan fingerprint density at radius 3 is 2.04 bits per heavy atom. The zero-order chi connectivity index (χ0) is 39.1. The van der Waals surface area contributed by atoms with Crippen LogP contribution in [0.4, 0.5) is 18.9 Å². The highest BCUT2D eigenvalue weighted by atomic mass is 32.2. The molecule has 0 aromatic heterocycles. The summed E-state index contributed by atoms with van der Waals surface area (Å²) in [6.07, 6.45) is -2.52. The van der Waals surface area contributed by atoms with Crippen molar-refractivity contribution in [2.24, 2.45) is 5.92 Å². The van der Waals surface area contributed by atoms with Crippen LogP contribution in [-0.4, -0.2) is 57.7 Å². The summed E-state index contributed by atoms with van der Waals surface area (Å²) in [6, 6.07) is 28.8. The Balaban J connectivity index is 1.43. The Labute approximate surface area is 316 Å². The van der Waals surface area contributed by atoms with E-state index in [1.54, 1.807) is 6.07 Å². The third kappa shape index (κ3) is 10.5. The molecule has 288 valence electrons. The molecule has 7 nitrogen and oxygen atoms in total. The Kier molecular flexibility index (Phi) is 13.2. The first-order valence-corrected chi connectivity index (χ1v) is 20.1. The lowest BCUT2D eigenvalue weighted by Gasteiger charge is -2.39. The van der Waals surface area contributed by atoms with Gasteiger partial charge >= 0.3 is 6.18 Å². The summed E-state index contributed by atoms with van der Waals surface area (Å²) >= 11 is 0. The molecule has 1 fully saturated rings. The number of hydrogen-bond acceptors (Lipinski definition) is 6. The van der Waals surface area contributed by atoms with Crippen LogP contribution in [0.2, 0.25) is 0 Å². The largest absolute Gasteiger partial charge is 0.416 e. The second kappa shape index (κ2) is 17.4.